The number of aromatic amines is 1. The second-order valence-electron chi connectivity index (χ2n) is 6.23. The summed E-state index contributed by atoms with van der Waals surface area (Å²) in [6, 6.07) is 12.7. The molecular formula is C19H17N3O3. The summed E-state index contributed by atoms with van der Waals surface area (Å²) in [6.45, 7) is 2.53. The second kappa shape index (κ2) is 5.73. The Morgan fingerprint density at radius 2 is 1.92 bits per heavy atom. The van der Waals surface area contributed by atoms with Gasteiger partial charge in [-0.2, -0.15) is 0 Å². The Balaban J connectivity index is 1.74. The van der Waals surface area contributed by atoms with Gasteiger partial charge in [0.15, 0.2) is 0 Å². The lowest BCUT2D eigenvalue weighted by atomic mass is 10.1. The first-order valence-corrected chi connectivity index (χ1v) is 8.17. The van der Waals surface area contributed by atoms with Crippen LogP contribution in [0, 0.1) is 6.92 Å². The van der Waals surface area contributed by atoms with E-state index in [4.69, 9.17) is 0 Å². The van der Waals surface area contributed by atoms with Gasteiger partial charge in [0.1, 0.15) is 6.54 Å². The van der Waals surface area contributed by atoms with Gasteiger partial charge in [-0.1, -0.05) is 24.3 Å². The predicted octanol–water partition coefficient (Wildman–Crippen LogP) is 1.59. The Bertz CT molecular complexity index is 1110. The van der Waals surface area contributed by atoms with E-state index >= 15 is 0 Å². The zero-order valence-electron chi connectivity index (χ0n) is 13.8. The second-order valence-corrected chi connectivity index (χ2v) is 6.23. The molecule has 1 aliphatic rings. The van der Waals surface area contributed by atoms with Gasteiger partial charge < -0.3 is 4.90 Å². The van der Waals surface area contributed by atoms with E-state index in [-0.39, 0.29) is 12.5 Å². The number of anilines is 1. The van der Waals surface area contributed by atoms with Crippen LogP contribution in [0.1, 0.15) is 11.1 Å². The Hall–Kier alpha value is -3.15. The molecule has 2 heterocycles. The molecule has 25 heavy (non-hydrogen) atoms. The highest BCUT2D eigenvalue weighted by molar-refractivity contribution is 5.96. The Morgan fingerprint density at radius 3 is 2.76 bits per heavy atom. The summed E-state index contributed by atoms with van der Waals surface area (Å²) >= 11 is 0. The van der Waals surface area contributed by atoms with E-state index in [1.807, 2.05) is 25.1 Å². The number of carbonyl (C=O) groups excluding carboxylic acids is 1. The fraction of sp³-hybridized carbons (Fsp3) is 0.211. The lowest BCUT2D eigenvalue weighted by molar-refractivity contribution is -0.119. The number of benzene rings is 2. The van der Waals surface area contributed by atoms with Gasteiger partial charge in [-0.15, -0.1) is 0 Å². The van der Waals surface area contributed by atoms with E-state index in [2.05, 4.69) is 4.98 Å². The number of aromatic nitrogens is 2. The number of nitrogens with zero attached hydrogens (tertiary/aromatic N) is 2. The van der Waals surface area contributed by atoms with E-state index in [1.54, 1.807) is 29.2 Å². The molecule has 0 saturated carbocycles. The van der Waals surface area contributed by atoms with Gasteiger partial charge in [0.25, 0.3) is 5.56 Å². The fourth-order valence-corrected chi connectivity index (χ4v) is 3.49. The van der Waals surface area contributed by atoms with Gasteiger partial charge in [-0.05, 0) is 42.7 Å². The Morgan fingerprint density at radius 1 is 1.12 bits per heavy atom. The first-order valence-electron chi connectivity index (χ1n) is 8.17. The van der Waals surface area contributed by atoms with Crippen molar-refractivity contribution in [3.05, 3.63) is 74.4 Å². The first-order chi connectivity index (χ1) is 12.1. The molecule has 4 rings (SSSR count). The monoisotopic (exact) mass is 335 g/mol. The summed E-state index contributed by atoms with van der Waals surface area (Å²) in [4.78, 5) is 41.0. The normalized spacial score (nSPS) is 13.2. The standard InChI is InChI=1S/C19H17N3O3/c1-12-5-4-8-15-13(12)9-10-21(15)17(23)11-22-16-7-3-2-6-14(16)18(24)20-19(22)25/h2-8H,9-11H2,1H3,(H,20,24,25). The fourth-order valence-electron chi connectivity index (χ4n) is 3.49. The lowest BCUT2D eigenvalue weighted by Gasteiger charge is -2.19. The maximum atomic E-state index is 12.8. The summed E-state index contributed by atoms with van der Waals surface area (Å²) in [5, 5.41) is 0.396. The third-order valence-corrected chi connectivity index (χ3v) is 4.76. The number of para-hydroxylation sites is 1. The number of hydrogen-bond acceptors (Lipinski definition) is 3. The highest BCUT2D eigenvalue weighted by Gasteiger charge is 2.26. The molecule has 0 bridgehead atoms. The summed E-state index contributed by atoms with van der Waals surface area (Å²) in [5.74, 6) is -0.163. The van der Waals surface area contributed by atoms with Crippen LogP contribution < -0.4 is 16.1 Å². The quantitative estimate of drug-likeness (QED) is 0.773. The van der Waals surface area contributed by atoms with Gasteiger partial charge >= 0.3 is 5.69 Å². The minimum absolute atomic E-state index is 0.108. The van der Waals surface area contributed by atoms with Crippen molar-refractivity contribution in [3.63, 3.8) is 0 Å². The Labute approximate surface area is 143 Å². The molecule has 2 aromatic carbocycles. The third kappa shape index (κ3) is 2.46. The zero-order chi connectivity index (χ0) is 17.6. The highest BCUT2D eigenvalue weighted by Crippen LogP contribution is 2.30. The molecule has 1 amide bonds. The van der Waals surface area contributed by atoms with Crippen LogP contribution in [0.2, 0.25) is 0 Å². The maximum Gasteiger partial charge on any atom is 0.329 e. The van der Waals surface area contributed by atoms with Crippen molar-refractivity contribution in [2.45, 2.75) is 19.9 Å². The lowest BCUT2D eigenvalue weighted by Crippen LogP contribution is -2.38. The Kier molecular flexibility index (Phi) is 3.53. The van der Waals surface area contributed by atoms with Crippen molar-refractivity contribution >= 4 is 22.5 Å². The van der Waals surface area contributed by atoms with Crippen molar-refractivity contribution < 1.29 is 4.79 Å². The minimum atomic E-state index is -0.569. The van der Waals surface area contributed by atoms with Crippen molar-refractivity contribution in [2.75, 3.05) is 11.4 Å². The van der Waals surface area contributed by atoms with E-state index in [9.17, 15) is 14.4 Å². The molecule has 1 aliphatic heterocycles. The number of rotatable bonds is 2. The number of hydrogen-bond donors (Lipinski definition) is 1. The molecule has 0 fully saturated rings. The summed E-state index contributed by atoms with van der Waals surface area (Å²) in [6.07, 6.45) is 0.815. The number of aryl methyl sites for hydroxylation is 1. The SMILES string of the molecule is Cc1cccc2c1CCN2C(=O)Cn1c(=O)[nH]c(=O)c2ccccc21. The summed E-state index contributed by atoms with van der Waals surface area (Å²) in [7, 11) is 0. The van der Waals surface area contributed by atoms with Gasteiger partial charge in [-0.25, -0.2) is 4.79 Å². The molecule has 6 nitrogen and oxygen atoms in total. The molecule has 0 unspecified atom stereocenters. The average molecular weight is 335 g/mol. The van der Waals surface area contributed by atoms with Crippen LogP contribution in [0.25, 0.3) is 10.9 Å². The number of fused-ring (bicyclic) bond motifs is 2. The molecule has 1 N–H and O–H groups in total. The third-order valence-electron chi connectivity index (χ3n) is 4.76. The topological polar surface area (TPSA) is 75.2 Å². The first kappa shape index (κ1) is 15.4. The summed E-state index contributed by atoms with van der Waals surface area (Å²) < 4.78 is 1.33. The van der Waals surface area contributed by atoms with Gasteiger partial charge in [0.05, 0.1) is 10.9 Å². The van der Waals surface area contributed by atoms with Crippen LogP contribution in [0.3, 0.4) is 0 Å². The van der Waals surface area contributed by atoms with Crippen LogP contribution in [0.5, 0.6) is 0 Å². The molecular weight excluding hydrogens is 318 g/mol. The largest absolute Gasteiger partial charge is 0.329 e. The van der Waals surface area contributed by atoms with Crippen LogP contribution in [0.15, 0.2) is 52.1 Å². The predicted molar refractivity (Wildman–Crippen MR) is 96.1 cm³/mol. The number of nitrogens with one attached hydrogen (secondary N) is 1. The van der Waals surface area contributed by atoms with Crippen LogP contribution in [0.4, 0.5) is 5.69 Å². The van der Waals surface area contributed by atoms with Crippen LogP contribution in [-0.2, 0) is 17.8 Å². The van der Waals surface area contributed by atoms with E-state index in [0.717, 1.165) is 12.1 Å². The molecule has 0 saturated heterocycles. The molecule has 0 aliphatic carbocycles. The van der Waals surface area contributed by atoms with Crippen LogP contribution >= 0.6 is 0 Å². The maximum absolute atomic E-state index is 12.8. The van der Waals surface area contributed by atoms with E-state index in [1.165, 1.54) is 15.7 Å². The molecule has 126 valence electrons. The van der Waals surface area contributed by atoms with Crippen molar-refractivity contribution in [3.8, 4) is 0 Å². The molecule has 0 radical (unpaired) electrons. The van der Waals surface area contributed by atoms with E-state index in [0.29, 0.717) is 17.4 Å². The highest BCUT2D eigenvalue weighted by atomic mass is 16.2. The molecule has 6 heteroatoms. The van der Waals surface area contributed by atoms with Crippen molar-refractivity contribution in [2.24, 2.45) is 0 Å². The molecule has 0 atom stereocenters. The van der Waals surface area contributed by atoms with Crippen molar-refractivity contribution in [1.82, 2.24) is 9.55 Å². The van der Waals surface area contributed by atoms with Gasteiger partial charge in [0, 0.05) is 12.2 Å². The van der Waals surface area contributed by atoms with Crippen LogP contribution in [-0.4, -0.2) is 22.0 Å². The van der Waals surface area contributed by atoms with E-state index < -0.39 is 11.2 Å². The molecule has 0 spiro atoms. The number of H-pyrrole nitrogens is 1. The molecule has 1 aromatic heterocycles. The minimum Gasteiger partial charge on any atom is -0.310 e. The van der Waals surface area contributed by atoms with Gasteiger partial charge in [-0.3, -0.25) is 19.1 Å². The number of carbonyl (C=O) groups is 1. The van der Waals surface area contributed by atoms with Crippen molar-refractivity contribution in [1.29, 1.82) is 0 Å². The average Bonchev–Trinajstić information content (AvgIpc) is 3.04. The number of amides is 1. The molecule has 3 aromatic rings. The smallest absolute Gasteiger partial charge is 0.310 e. The zero-order valence-corrected chi connectivity index (χ0v) is 13.8. The summed E-state index contributed by atoms with van der Waals surface area (Å²) in [5.41, 5.74) is 2.71. The van der Waals surface area contributed by atoms with Gasteiger partial charge in [0.2, 0.25) is 5.91 Å².